The van der Waals surface area contributed by atoms with Crippen LogP contribution in [0.1, 0.15) is 68.8 Å². The standard InChI is InChI=1S/C37H42FN5O2/c1-24-8-14-30(15-9-24)43-34(23-33(41-43)37(2,3)4)40-36(45)39-29-12-10-25(11-13-29)18-27-20-31-16-17-32(21-27)42(31)35(44)22-26-6-5-7-28(38)19-26/h5-15,19,23,27,31-32H,16-18,20-22H2,1-4H3,(H2,39,40,45). The Morgan fingerprint density at radius 2 is 1.58 bits per heavy atom. The Morgan fingerprint density at radius 1 is 0.889 bits per heavy atom. The molecule has 2 atom stereocenters. The molecule has 3 amide bonds. The van der Waals surface area contributed by atoms with Crippen molar-refractivity contribution < 1.29 is 14.0 Å². The molecule has 2 unspecified atom stereocenters. The van der Waals surface area contributed by atoms with E-state index in [9.17, 15) is 14.0 Å². The Balaban J connectivity index is 1.05. The molecule has 2 aliphatic heterocycles. The van der Waals surface area contributed by atoms with Crippen molar-refractivity contribution in [2.24, 2.45) is 5.92 Å². The van der Waals surface area contributed by atoms with Crippen LogP contribution in [0.15, 0.2) is 78.9 Å². The number of benzene rings is 3. The Bertz CT molecular complexity index is 1660. The van der Waals surface area contributed by atoms with E-state index in [0.29, 0.717) is 17.4 Å². The molecule has 3 aromatic carbocycles. The summed E-state index contributed by atoms with van der Waals surface area (Å²) in [7, 11) is 0. The summed E-state index contributed by atoms with van der Waals surface area (Å²) in [6, 6.07) is 24.6. The molecular weight excluding hydrogens is 565 g/mol. The van der Waals surface area contributed by atoms with E-state index in [1.54, 1.807) is 10.7 Å². The maximum Gasteiger partial charge on any atom is 0.324 e. The van der Waals surface area contributed by atoms with E-state index in [-0.39, 0.29) is 41.7 Å². The molecule has 1 aromatic heterocycles. The molecule has 0 spiro atoms. The number of rotatable bonds is 7. The number of aryl methyl sites for hydroxylation is 1. The Morgan fingerprint density at radius 3 is 2.22 bits per heavy atom. The van der Waals surface area contributed by atoms with Gasteiger partial charge in [-0.15, -0.1) is 0 Å². The zero-order valence-electron chi connectivity index (χ0n) is 26.5. The third kappa shape index (κ3) is 7.11. The van der Waals surface area contributed by atoms with Gasteiger partial charge in [0.2, 0.25) is 5.91 Å². The number of nitrogens with zero attached hydrogens (tertiary/aromatic N) is 3. The lowest BCUT2D eigenvalue weighted by atomic mass is 9.85. The van der Waals surface area contributed by atoms with E-state index in [2.05, 4.69) is 48.4 Å². The first-order chi connectivity index (χ1) is 21.5. The van der Waals surface area contributed by atoms with Gasteiger partial charge >= 0.3 is 6.03 Å². The fraction of sp³-hybridized carbons (Fsp3) is 0.378. The van der Waals surface area contributed by atoms with Gasteiger partial charge in [0.15, 0.2) is 0 Å². The molecule has 2 N–H and O–H groups in total. The highest BCUT2D eigenvalue weighted by atomic mass is 19.1. The molecule has 6 rings (SSSR count). The van der Waals surface area contributed by atoms with Crippen molar-refractivity contribution >= 4 is 23.4 Å². The van der Waals surface area contributed by atoms with Crippen LogP contribution in [0.5, 0.6) is 0 Å². The molecule has 2 saturated heterocycles. The molecule has 2 bridgehead atoms. The molecule has 3 heterocycles. The van der Waals surface area contributed by atoms with Crippen molar-refractivity contribution in [1.82, 2.24) is 14.7 Å². The van der Waals surface area contributed by atoms with Gasteiger partial charge in [0.1, 0.15) is 11.6 Å². The van der Waals surface area contributed by atoms with Crippen LogP contribution in [0.3, 0.4) is 0 Å². The van der Waals surface area contributed by atoms with E-state index >= 15 is 0 Å². The first kappa shape index (κ1) is 30.6. The van der Waals surface area contributed by atoms with Crippen molar-refractivity contribution in [3.05, 3.63) is 107 Å². The second kappa shape index (κ2) is 12.5. The summed E-state index contributed by atoms with van der Waals surface area (Å²) < 4.78 is 15.4. The topological polar surface area (TPSA) is 79.3 Å². The first-order valence-electron chi connectivity index (χ1n) is 15.9. The lowest BCUT2D eigenvalue weighted by Gasteiger charge is -2.39. The number of hydrogen-bond donors (Lipinski definition) is 2. The van der Waals surface area contributed by atoms with Crippen LogP contribution in [-0.2, 0) is 23.1 Å². The van der Waals surface area contributed by atoms with E-state index < -0.39 is 0 Å². The number of urea groups is 1. The summed E-state index contributed by atoms with van der Waals surface area (Å²) >= 11 is 0. The monoisotopic (exact) mass is 607 g/mol. The van der Waals surface area contributed by atoms with Crippen molar-refractivity contribution in [2.75, 3.05) is 10.6 Å². The molecule has 4 aromatic rings. The van der Waals surface area contributed by atoms with Crippen LogP contribution in [0.4, 0.5) is 20.7 Å². The summed E-state index contributed by atoms with van der Waals surface area (Å²) in [4.78, 5) is 28.3. The summed E-state index contributed by atoms with van der Waals surface area (Å²) in [5.41, 5.74) is 5.42. The molecule has 0 aliphatic carbocycles. The predicted octanol–water partition coefficient (Wildman–Crippen LogP) is 7.82. The molecule has 2 aliphatic rings. The van der Waals surface area contributed by atoms with Gasteiger partial charge in [-0.3, -0.25) is 10.1 Å². The molecule has 0 radical (unpaired) electrons. The Kier molecular flexibility index (Phi) is 8.49. The van der Waals surface area contributed by atoms with Gasteiger partial charge in [-0.05, 0) is 92.5 Å². The first-order valence-corrected chi connectivity index (χ1v) is 15.9. The molecular formula is C37H42FN5O2. The summed E-state index contributed by atoms with van der Waals surface area (Å²) in [6.45, 7) is 8.34. The number of amides is 3. The smallest absolute Gasteiger partial charge is 0.324 e. The number of carbonyl (C=O) groups excluding carboxylic acids is 2. The third-order valence-electron chi connectivity index (χ3n) is 9.10. The minimum atomic E-state index is -0.330. The molecule has 7 nitrogen and oxygen atoms in total. The highest BCUT2D eigenvalue weighted by molar-refractivity contribution is 5.99. The van der Waals surface area contributed by atoms with Gasteiger partial charge in [-0.1, -0.05) is 62.7 Å². The lowest BCUT2D eigenvalue weighted by Crippen LogP contribution is -2.47. The second-order valence-corrected chi connectivity index (χ2v) is 13.7. The van der Waals surface area contributed by atoms with Gasteiger partial charge in [0, 0.05) is 29.3 Å². The van der Waals surface area contributed by atoms with Crippen LogP contribution in [-0.4, -0.2) is 38.7 Å². The van der Waals surface area contributed by atoms with Gasteiger partial charge in [-0.25, -0.2) is 13.9 Å². The second-order valence-electron chi connectivity index (χ2n) is 13.7. The molecule has 0 saturated carbocycles. The number of fused-ring (bicyclic) bond motifs is 2. The van der Waals surface area contributed by atoms with Gasteiger partial charge < -0.3 is 10.2 Å². The Hall–Kier alpha value is -4.46. The van der Waals surface area contributed by atoms with E-state index in [1.165, 1.54) is 17.7 Å². The number of aromatic nitrogens is 2. The third-order valence-corrected chi connectivity index (χ3v) is 9.10. The van der Waals surface area contributed by atoms with Crippen LogP contribution in [0.25, 0.3) is 5.69 Å². The van der Waals surface area contributed by atoms with E-state index in [0.717, 1.165) is 54.6 Å². The van der Waals surface area contributed by atoms with Crippen LogP contribution < -0.4 is 10.6 Å². The average molecular weight is 608 g/mol. The zero-order valence-corrected chi connectivity index (χ0v) is 26.5. The van der Waals surface area contributed by atoms with Crippen molar-refractivity contribution in [3.8, 4) is 5.69 Å². The molecule has 234 valence electrons. The average Bonchev–Trinajstić information content (AvgIpc) is 3.53. The summed E-state index contributed by atoms with van der Waals surface area (Å²) in [5.74, 6) is 0.913. The summed E-state index contributed by atoms with van der Waals surface area (Å²) in [6.07, 6.45) is 5.24. The molecule has 8 heteroatoms. The fourth-order valence-corrected chi connectivity index (χ4v) is 6.83. The number of carbonyl (C=O) groups is 2. The maximum atomic E-state index is 13.6. The lowest BCUT2D eigenvalue weighted by molar-refractivity contribution is -0.135. The number of piperidine rings is 1. The maximum absolute atomic E-state index is 13.6. The summed E-state index contributed by atoms with van der Waals surface area (Å²) in [5, 5.41) is 10.8. The van der Waals surface area contributed by atoms with E-state index in [1.807, 2.05) is 55.5 Å². The minimum absolute atomic E-state index is 0.108. The van der Waals surface area contributed by atoms with Crippen LogP contribution in [0.2, 0.25) is 0 Å². The highest BCUT2D eigenvalue weighted by Crippen LogP contribution is 2.40. The van der Waals surface area contributed by atoms with Gasteiger partial charge in [0.05, 0.1) is 17.8 Å². The van der Waals surface area contributed by atoms with Crippen molar-refractivity contribution in [2.45, 2.75) is 83.7 Å². The normalized spacial score (nSPS) is 19.4. The van der Waals surface area contributed by atoms with Crippen molar-refractivity contribution in [3.63, 3.8) is 0 Å². The van der Waals surface area contributed by atoms with E-state index in [4.69, 9.17) is 5.10 Å². The molecule has 45 heavy (non-hydrogen) atoms. The van der Waals surface area contributed by atoms with Gasteiger partial charge in [0.25, 0.3) is 0 Å². The van der Waals surface area contributed by atoms with Crippen molar-refractivity contribution in [1.29, 1.82) is 0 Å². The van der Waals surface area contributed by atoms with Crippen LogP contribution in [0, 0.1) is 18.7 Å². The number of anilines is 2. The van der Waals surface area contributed by atoms with Crippen LogP contribution >= 0.6 is 0 Å². The predicted molar refractivity (Wildman–Crippen MR) is 176 cm³/mol. The highest BCUT2D eigenvalue weighted by Gasteiger charge is 2.42. The number of halogens is 1. The number of hydrogen-bond acceptors (Lipinski definition) is 3. The molecule has 2 fully saturated rings. The Labute approximate surface area is 264 Å². The minimum Gasteiger partial charge on any atom is -0.336 e. The SMILES string of the molecule is Cc1ccc(-n2nc(C(C)(C)C)cc2NC(=O)Nc2ccc(CC3CC4CCC(C3)N4C(=O)Cc3cccc(F)c3)cc2)cc1. The quantitative estimate of drug-likeness (QED) is 0.225. The fourth-order valence-electron chi connectivity index (χ4n) is 6.83. The number of nitrogens with one attached hydrogen (secondary N) is 2. The zero-order chi connectivity index (χ0) is 31.7. The largest absolute Gasteiger partial charge is 0.336 e. The van der Waals surface area contributed by atoms with Gasteiger partial charge in [-0.2, -0.15) is 5.10 Å².